The molecule has 0 saturated heterocycles. The molecule has 0 bridgehead atoms. The predicted molar refractivity (Wildman–Crippen MR) is 81.6 cm³/mol. The minimum Gasteiger partial charge on any atom is -0.283 e. The van der Waals surface area contributed by atoms with Crippen LogP contribution in [0.4, 0.5) is 0 Å². The number of rotatable bonds is 0. The molecule has 10 radical (unpaired) electrons. The summed E-state index contributed by atoms with van der Waals surface area (Å²) in [6.07, 6.45) is 11.9. The van der Waals surface area contributed by atoms with Gasteiger partial charge in [-0.05, 0) is 54.9 Å². The van der Waals surface area contributed by atoms with Crippen LogP contribution in [0, 0.1) is 60.8 Å². The van der Waals surface area contributed by atoms with Gasteiger partial charge >= 0.3 is 17.1 Å². The fourth-order valence-electron chi connectivity index (χ4n) is 2.36. The topological polar surface area (TPSA) is 12.4 Å². The van der Waals surface area contributed by atoms with Crippen LogP contribution in [0.3, 0.4) is 0 Å². The van der Waals surface area contributed by atoms with Gasteiger partial charge in [-0.25, -0.2) is 0 Å². The Hall–Kier alpha value is -0.0705. The summed E-state index contributed by atoms with van der Waals surface area (Å²) in [5.41, 5.74) is 0. The van der Waals surface area contributed by atoms with Gasteiger partial charge < -0.3 is 0 Å². The third-order valence-corrected chi connectivity index (χ3v) is 4.21. The van der Waals surface area contributed by atoms with Gasteiger partial charge in [0.2, 0.25) is 0 Å². The molecule has 0 unspecified atom stereocenters. The molecule has 0 atom stereocenters. The molecule has 0 aromatic heterocycles. The average molecular weight is 307 g/mol. The number of hydrogen-bond donors (Lipinski definition) is 0. The van der Waals surface area contributed by atoms with Crippen molar-refractivity contribution in [2.24, 2.45) is 4.99 Å². The molecular formula is C18H21FeN+2. The molecule has 2 heteroatoms. The fourth-order valence-corrected chi connectivity index (χ4v) is 2.36. The van der Waals surface area contributed by atoms with E-state index < -0.39 is 0 Å². The van der Waals surface area contributed by atoms with Crippen LogP contribution in [0.5, 0.6) is 0 Å². The molecule has 1 heterocycles. The van der Waals surface area contributed by atoms with E-state index >= 15 is 0 Å². The summed E-state index contributed by atoms with van der Waals surface area (Å²) in [6, 6.07) is 1.08. The van der Waals surface area contributed by atoms with Crippen molar-refractivity contribution in [3.8, 4) is 0 Å². The molecule has 0 aromatic rings. The largest absolute Gasteiger partial charge is 2.00 e. The van der Waals surface area contributed by atoms with Crippen LogP contribution in [0.15, 0.2) is 17.1 Å². The molecule has 2 saturated carbocycles. The molecule has 3 rings (SSSR count). The number of fused-ring (bicyclic) bond motifs is 1. The van der Waals surface area contributed by atoms with Crippen molar-refractivity contribution in [3.05, 3.63) is 73.0 Å². The van der Waals surface area contributed by atoms with Crippen LogP contribution < -0.4 is 0 Å². The van der Waals surface area contributed by atoms with E-state index in [1.807, 2.05) is 25.1 Å². The van der Waals surface area contributed by atoms with Crippen LogP contribution in [0.1, 0.15) is 34.6 Å². The summed E-state index contributed by atoms with van der Waals surface area (Å²) in [4.78, 5) is 4.14. The van der Waals surface area contributed by atoms with Gasteiger partial charge in [-0.15, -0.1) is 0 Å². The second-order valence-corrected chi connectivity index (χ2v) is 5.13. The Bertz CT molecular complexity index is 286. The minimum atomic E-state index is 0. The van der Waals surface area contributed by atoms with Crippen LogP contribution >= 0.6 is 0 Å². The molecule has 0 spiro atoms. The molecule has 20 heavy (non-hydrogen) atoms. The molecule has 3 aliphatic rings. The Morgan fingerprint density at radius 2 is 1.25 bits per heavy atom. The Morgan fingerprint density at radius 1 is 0.750 bits per heavy atom. The Morgan fingerprint density at radius 3 is 1.70 bits per heavy atom. The maximum atomic E-state index is 4.14. The van der Waals surface area contributed by atoms with Gasteiger partial charge in [-0.3, -0.25) is 4.99 Å². The van der Waals surface area contributed by atoms with Crippen molar-refractivity contribution in [1.29, 1.82) is 0 Å². The smallest absolute Gasteiger partial charge is 0.283 e. The summed E-state index contributed by atoms with van der Waals surface area (Å²) < 4.78 is 0. The van der Waals surface area contributed by atoms with Gasteiger partial charge in [0.25, 0.3) is 0 Å². The van der Waals surface area contributed by atoms with Gasteiger partial charge in [0.15, 0.2) is 0 Å². The zero-order chi connectivity index (χ0) is 14.0. The molecular weight excluding hydrogens is 286 g/mol. The molecule has 2 fully saturated rings. The van der Waals surface area contributed by atoms with E-state index in [4.69, 9.17) is 0 Å². The minimum absolute atomic E-state index is 0. The van der Waals surface area contributed by atoms with Gasteiger partial charge in [0.1, 0.15) is 6.04 Å². The van der Waals surface area contributed by atoms with E-state index in [-0.39, 0.29) is 17.1 Å². The number of allylic oxidation sites excluding steroid dienone is 1. The summed E-state index contributed by atoms with van der Waals surface area (Å²) in [7, 11) is 0. The van der Waals surface area contributed by atoms with E-state index in [0.29, 0.717) is 0 Å². The zero-order valence-electron chi connectivity index (χ0n) is 12.8. The Kier molecular flexibility index (Phi) is 7.01. The van der Waals surface area contributed by atoms with Crippen LogP contribution in [0.25, 0.3) is 0 Å². The van der Waals surface area contributed by atoms with Gasteiger partial charge in [0.05, 0.1) is 0 Å². The van der Waals surface area contributed by atoms with Crippen molar-refractivity contribution in [3.63, 3.8) is 0 Å². The molecule has 104 valence electrons. The molecule has 2 aliphatic carbocycles. The van der Waals surface area contributed by atoms with E-state index in [0.717, 1.165) is 6.04 Å². The number of nitrogens with zero attached hydrogens (tertiary/aromatic N) is 1. The summed E-state index contributed by atoms with van der Waals surface area (Å²) in [6.45, 7) is 11.0. The quantitative estimate of drug-likeness (QED) is 0.591. The molecule has 0 amide bonds. The second kappa shape index (κ2) is 7.80. The predicted octanol–water partition coefficient (Wildman–Crippen LogP) is 4.33. The SMILES string of the molecule is C[C]1[C](C)[C](C)[C](C)[C]1C.[CH]1[CH][C]2C=CC=N[C]2[CH]1.[Fe+2]. The monoisotopic (exact) mass is 307 g/mol. The maximum Gasteiger partial charge on any atom is 2.00 e. The maximum absolute atomic E-state index is 4.14. The van der Waals surface area contributed by atoms with E-state index in [9.17, 15) is 0 Å². The Balaban J connectivity index is 0.000000191. The van der Waals surface area contributed by atoms with Crippen molar-refractivity contribution in [2.75, 3.05) is 0 Å². The first-order chi connectivity index (χ1) is 9.02. The van der Waals surface area contributed by atoms with Crippen molar-refractivity contribution >= 4 is 6.21 Å². The molecule has 1 nitrogen and oxygen atoms in total. The van der Waals surface area contributed by atoms with E-state index in [1.165, 1.54) is 35.5 Å². The fraction of sp³-hybridized carbons (Fsp3) is 0.278. The third kappa shape index (κ3) is 3.77. The van der Waals surface area contributed by atoms with Crippen LogP contribution in [-0.4, -0.2) is 6.21 Å². The van der Waals surface area contributed by atoms with E-state index in [1.54, 1.807) is 0 Å². The summed E-state index contributed by atoms with van der Waals surface area (Å²) in [5.74, 6) is 8.56. The number of dihydropyridines is 1. The first-order valence-corrected chi connectivity index (χ1v) is 6.68. The number of hydrogen-bond acceptors (Lipinski definition) is 1. The first kappa shape index (κ1) is 18.0. The second-order valence-electron chi connectivity index (χ2n) is 5.13. The van der Waals surface area contributed by atoms with Crippen LogP contribution in [-0.2, 0) is 17.1 Å². The van der Waals surface area contributed by atoms with Gasteiger partial charge in [-0.1, -0.05) is 40.7 Å². The summed E-state index contributed by atoms with van der Waals surface area (Å²) in [5, 5.41) is 0. The Labute approximate surface area is 136 Å². The standard InChI is InChI=1S/C10H15.C8H6N.Fe/c1-6-7(2)9(4)10(5)8(6)3;1-3-7-4-2-6-9-8(7)5-1;/h1-5H3;1-6H;/q;;+2. The first-order valence-electron chi connectivity index (χ1n) is 6.68. The van der Waals surface area contributed by atoms with Crippen molar-refractivity contribution in [2.45, 2.75) is 34.6 Å². The van der Waals surface area contributed by atoms with Gasteiger partial charge in [-0.2, -0.15) is 0 Å². The van der Waals surface area contributed by atoms with Crippen molar-refractivity contribution < 1.29 is 17.1 Å². The zero-order valence-corrected chi connectivity index (χ0v) is 13.9. The average Bonchev–Trinajstić information content (AvgIpc) is 2.97. The summed E-state index contributed by atoms with van der Waals surface area (Å²) >= 11 is 0. The molecule has 0 N–H and O–H groups in total. The van der Waals surface area contributed by atoms with Crippen LogP contribution in [0.2, 0.25) is 0 Å². The number of aliphatic imine (C=N–C) groups is 1. The third-order valence-electron chi connectivity index (χ3n) is 4.21. The van der Waals surface area contributed by atoms with E-state index in [2.05, 4.69) is 52.1 Å². The molecule has 0 aromatic carbocycles. The normalized spacial score (nSPS) is 26.4. The molecule has 1 aliphatic heterocycles. The van der Waals surface area contributed by atoms with Gasteiger partial charge in [0, 0.05) is 12.1 Å². The van der Waals surface area contributed by atoms with Crippen molar-refractivity contribution in [1.82, 2.24) is 0 Å².